The Morgan fingerprint density at radius 3 is 2.82 bits per heavy atom. The van der Waals surface area contributed by atoms with Crippen LogP contribution < -0.4 is 10.1 Å². The first-order valence-electron chi connectivity index (χ1n) is 4.96. The predicted octanol–water partition coefficient (Wildman–Crippen LogP) is 2.81. The zero-order valence-electron chi connectivity index (χ0n) is 9.41. The topological polar surface area (TPSA) is 57.9 Å². The summed E-state index contributed by atoms with van der Waals surface area (Å²) in [7, 11) is 3.36. The Balaban J connectivity index is 2.93. The van der Waals surface area contributed by atoms with Crippen LogP contribution in [0.1, 0.15) is 5.69 Å². The van der Waals surface area contributed by atoms with Gasteiger partial charge < -0.3 is 10.1 Å². The van der Waals surface area contributed by atoms with E-state index in [1.807, 2.05) is 6.07 Å². The van der Waals surface area contributed by atoms with Gasteiger partial charge in [-0.1, -0.05) is 11.6 Å². The van der Waals surface area contributed by atoms with Gasteiger partial charge in [-0.25, -0.2) is 4.98 Å². The number of hydrogen-bond acceptors (Lipinski definition) is 4. The molecule has 0 radical (unpaired) electrons. The van der Waals surface area contributed by atoms with Crippen molar-refractivity contribution < 1.29 is 4.74 Å². The SMILES string of the molecule is CNc1cc(C#N)nc2c(Cl)ccc(OC)c12. The summed E-state index contributed by atoms with van der Waals surface area (Å²) >= 11 is 6.09. The van der Waals surface area contributed by atoms with Gasteiger partial charge in [-0.05, 0) is 18.2 Å². The largest absolute Gasteiger partial charge is 0.496 e. The summed E-state index contributed by atoms with van der Waals surface area (Å²) < 4.78 is 5.28. The lowest BCUT2D eigenvalue weighted by molar-refractivity contribution is 0.420. The lowest BCUT2D eigenvalue weighted by Crippen LogP contribution is -1.97. The quantitative estimate of drug-likeness (QED) is 0.887. The molecular weight excluding hydrogens is 238 g/mol. The van der Waals surface area contributed by atoms with Gasteiger partial charge in [0.05, 0.1) is 28.7 Å². The van der Waals surface area contributed by atoms with Crippen molar-refractivity contribution in [3.05, 3.63) is 28.9 Å². The van der Waals surface area contributed by atoms with Gasteiger partial charge in [0.25, 0.3) is 0 Å². The molecule has 2 rings (SSSR count). The number of nitrogens with one attached hydrogen (secondary N) is 1. The molecule has 1 heterocycles. The lowest BCUT2D eigenvalue weighted by Gasteiger charge is -2.11. The van der Waals surface area contributed by atoms with Crippen LogP contribution in [0.4, 0.5) is 5.69 Å². The molecule has 0 spiro atoms. The monoisotopic (exact) mass is 247 g/mol. The third-order valence-electron chi connectivity index (χ3n) is 2.48. The first kappa shape index (κ1) is 11.5. The van der Waals surface area contributed by atoms with Gasteiger partial charge in [-0.15, -0.1) is 0 Å². The fourth-order valence-electron chi connectivity index (χ4n) is 1.70. The third-order valence-corrected chi connectivity index (χ3v) is 2.78. The molecular formula is C12H10ClN3O. The van der Waals surface area contributed by atoms with Crippen molar-refractivity contribution in [3.63, 3.8) is 0 Å². The molecule has 0 unspecified atom stereocenters. The number of halogens is 1. The average Bonchev–Trinajstić information content (AvgIpc) is 2.38. The summed E-state index contributed by atoms with van der Waals surface area (Å²) in [5.74, 6) is 0.672. The van der Waals surface area contributed by atoms with E-state index in [2.05, 4.69) is 10.3 Å². The second-order valence-corrected chi connectivity index (χ2v) is 3.80. The molecule has 0 aliphatic carbocycles. The predicted molar refractivity (Wildman–Crippen MR) is 67.6 cm³/mol. The minimum absolute atomic E-state index is 0.317. The standard InChI is InChI=1S/C12H10ClN3O/c1-15-9-5-7(6-14)16-12-8(13)3-4-10(17-2)11(9)12/h3-5H,1-2H3,(H,15,16). The van der Waals surface area contributed by atoms with Gasteiger partial charge in [0.15, 0.2) is 0 Å². The van der Waals surface area contributed by atoms with Gasteiger partial charge in [0, 0.05) is 7.05 Å². The van der Waals surface area contributed by atoms with Crippen LogP contribution in [0.5, 0.6) is 5.75 Å². The van der Waals surface area contributed by atoms with Crippen LogP contribution in [0.25, 0.3) is 10.9 Å². The maximum Gasteiger partial charge on any atom is 0.143 e. The number of nitrogens with zero attached hydrogens (tertiary/aromatic N) is 2. The van der Waals surface area contributed by atoms with Crippen LogP contribution >= 0.6 is 11.6 Å². The Kier molecular flexibility index (Phi) is 3.03. The van der Waals surface area contributed by atoms with E-state index >= 15 is 0 Å². The number of benzene rings is 1. The molecule has 0 fully saturated rings. The van der Waals surface area contributed by atoms with Crippen molar-refractivity contribution >= 4 is 28.2 Å². The molecule has 5 heteroatoms. The Hall–Kier alpha value is -1.99. The van der Waals surface area contributed by atoms with Crippen LogP contribution in [0.2, 0.25) is 5.02 Å². The molecule has 1 aromatic heterocycles. The van der Waals surface area contributed by atoms with E-state index in [-0.39, 0.29) is 0 Å². The van der Waals surface area contributed by atoms with Gasteiger partial charge in [0.2, 0.25) is 0 Å². The Bertz CT molecular complexity index is 619. The van der Waals surface area contributed by atoms with E-state index in [4.69, 9.17) is 21.6 Å². The maximum absolute atomic E-state index is 8.92. The van der Waals surface area contributed by atoms with Crippen molar-refractivity contribution in [1.82, 2.24) is 4.98 Å². The molecule has 4 nitrogen and oxygen atoms in total. The number of hydrogen-bond donors (Lipinski definition) is 1. The number of nitriles is 1. The molecule has 0 aliphatic heterocycles. The summed E-state index contributed by atoms with van der Waals surface area (Å²) in [5.41, 5.74) is 1.65. The highest BCUT2D eigenvalue weighted by Gasteiger charge is 2.12. The van der Waals surface area contributed by atoms with Crippen molar-refractivity contribution in [3.8, 4) is 11.8 Å². The zero-order valence-corrected chi connectivity index (χ0v) is 10.2. The van der Waals surface area contributed by atoms with Crippen LogP contribution in [-0.4, -0.2) is 19.1 Å². The van der Waals surface area contributed by atoms with E-state index in [0.717, 1.165) is 11.1 Å². The molecule has 17 heavy (non-hydrogen) atoms. The van der Waals surface area contributed by atoms with Crippen molar-refractivity contribution in [2.45, 2.75) is 0 Å². The Labute approximate surface area is 104 Å². The van der Waals surface area contributed by atoms with Crippen molar-refractivity contribution in [2.24, 2.45) is 0 Å². The van der Waals surface area contributed by atoms with Crippen molar-refractivity contribution in [1.29, 1.82) is 5.26 Å². The summed E-state index contributed by atoms with van der Waals surface area (Å²) in [6.07, 6.45) is 0. The highest BCUT2D eigenvalue weighted by molar-refractivity contribution is 6.35. The first-order valence-corrected chi connectivity index (χ1v) is 5.34. The minimum Gasteiger partial charge on any atom is -0.496 e. The normalized spacial score (nSPS) is 10.0. The van der Waals surface area contributed by atoms with Gasteiger partial charge in [-0.2, -0.15) is 5.26 Å². The molecule has 86 valence electrons. The zero-order chi connectivity index (χ0) is 12.4. The number of fused-ring (bicyclic) bond motifs is 1. The summed E-state index contributed by atoms with van der Waals surface area (Å²) in [4.78, 5) is 4.20. The fraction of sp³-hybridized carbons (Fsp3) is 0.167. The number of pyridine rings is 1. The van der Waals surface area contributed by atoms with Crippen molar-refractivity contribution in [2.75, 3.05) is 19.5 Å². The van der Waals surface area contributed by atoms with Crippen LogP contribution in [0, 0.1) is 11.3 Å². The molecule has 1 aromatic carbocycles. The number of methoxy groups -OCH3 is 1. The van der Waals surface area contributed by atoms with Gasteiger partial charge in [-0.3, -0.25) is 0 Å². The summed E-state index contributed by atoms with van der Waals surface area (Å²) in [6.45, 7) is 0. The number of aromatic nitrogens is 1. The van der Waals surface area contributed by atoms with Gasteiger partial charge >= 0.3 is 0 Å². The van der Waals surface area contributed by atoms with Crippen LogP contribution in [0.3, 0.4) is 0 Å². The maximum atomic E-state index is 8.92. The Morgan fingerprint density at radius 1 is 1.47 bits per heavy atom. The summed E-state index contributed by atoms with van der Waals surface area (Å²) in [6, 6.07) is 7.16. The molecule has 0 amide bonds. The fourth-order valence-corrected chi connectivity index (χ4v) is 1.90. The lowest BCUT2D eigenvalue weighted by atomic mass is 10.1. The number of rotatable bonds is 2. The van der Waals surface area contributed by atoms with Gasteiger partial charge in [0.1, 0.15) is 17.5 Å². The first-order chi connectivity index (χ1) is 8.21. The second-order valence-electron chi connectivity index (χ2n) is 3.39. The second kappa shape index (κ2) is 4.48. The Morgan fingerprint density at radius 2 is 2.24 bits per heavy atom. The highest BCUT2D eigenvalue weighted by atomic mass is 35.5. The number of ether oxygens (including phenoxy) is 1. The van der Waals surface area contributed by atoms with E-state index in [1.54, 1.807) is 32.4 Å². The molecule has 0 aliphatic rings. The molecule has 0 saturated carbocycles. The van der Waals surface area contributed by atoms with E-state index in [1.165, 1.54) is 0 Å². The van der Waals surface area contributed by atoms with E-state index in [0.29, 0.717) is 22.0 Å². The number of anilines is 1. The van der Waals surface area contributed by atoms with E-state index < -0.39 is 0 Å². The molecule has 0 bridgehead atoms. The molecule has 1 N–H and O–H groups in total. The summed E-state index contributed by atoms with van der Waals surface area (Å²) in [5, 5.41) is 13.2. The van der Waals surface area contributed by atoms with E-state index in [9.17, 15) is 0 Å². The molecule has 2 aromatic rings. The van der Waals surface area contributed by atoms with Crippen LogP contribution in [-0.2, 0) is 0 Å². The minimum atomic E-state index is 0.317. The third kappa shape index (κ3) is 1.85. The molecule has 0 saturated heterocycles. The smallest absolute Gasteiger partial charge is 0.143 e. The van der Waals surface area contributed by atoms with Crippen LogP contribution in [0.15, 0.2) is 18.2 Å². The highest BCUT2D eigenvalue weighted by Crippen LogP contribution is 2.35. The molecule has 0 atom stereocenters. The average molecular weight is 248 g/mol.